The molecule has 0 aromatic carbocycles. The lowest BCUT2D eigenvalue weighted by atomic mass is 9.99. The van der Waals surface area contributed by atoms with Crippen molar-refractivity contribution in [1.29, 1.82) is 5.41 Å². The first-order valence-corrected chi connectivity index (χ1v) is 22.8. The van der Waals surface area contributed by atoms with Crippen molar-refractivity contribution in [2.45, 2.75) is 167 Å². The van der Waals surface area contributed by atoms with Gasteiger partial charge in [0.2, 0.25) is 41.4 Å². The van der Waals surface area contributed by atoms with Gasteiger partial charge in [-0.05, 0) is 102 Å². The average Bonchev–Trinajstić information content (AvgIpc) is 3.74. The van der Waals surface area contributed by atoms with Gasteiger partial charge in [0, 0.05) is 13.1 Å². The van der Waals surface area contributed by atoms with E-state index in [0.717, 1.165) is 12.8 Å². The minimum Gasteiger partial charge on any atom is -0.480 e. The van der Waals surface area contributed by atoms with Crippen LogP contribution in [-0.4, -0.2) is 138 Å². The third-order valence-corrected chi connectivity index (χ3v) is 10.8. The number of nitrogens with two attached hydrogens (primary N) is 4. The van der Waals surface area contributed by atoms with Crippen molar-refractivity contribution in [3.05, 3.63) is 0 Å². The van der Waals surface area contributed by atoms with E-state index >= 15 is 0 Å². The van der Waals surface area contributed by atoms with Crippen molar-refractivity contribution >= 4 is 53.3 Å². The molecule has 0 radical (unpaired) electrons. The Labute approximate surface area is 377 Å². The van der Waals surface area contributed by atoms with Crippen LogP contribution >= 0.6 is 0 Å². The van der Waals surface area contributed by atoms with Crippen LogP contribution in [0.3, 0.4) is 0 Å². The van der Waals surface area contributed by atoms with Gasteiger partial charge >= 0.3 is 5.97 Å². The molecule has 1 rings (SSSR count). The van der Waals surface area contributed by atoms with Crippen molar-refractivity contribution in [3.8, 4) is 0 Å². The second-order valence-corrected chi connectivity index (χ2v) is 17.2. The van der Waals surface area contributed by atoms with Gasteiger partial charge < -0.3 is 70.2 Å². The molecule has 22 nitrogen and oxygen atoms in total. The lowest BCUT2D eigenvalue weighted by molar-refractivity contribution is -0.144. The predicted molar refractivity (Wildman–Crippen MR) is 242 cm³/mol. The first kappa shape index (κ1) is 56.9. The van der Waals surface area contributed by atoms with E-state index in [9.17, 15) is 43.5 Å². The Hall–Kier alpha value is -5.09. The summed E-state index contributed by atoms with van der Waals surface area (Å²) in [5, 5.41) is 35.8. The van der Waals surface area contributed by atoms with Gasteiger partial charge in [-0.15, -0.1) is 0 Å². The Balaban J connectivity index is 3.20. The molecular formula is C42H79N13O9. The van der Waals surface area contributed by atoms with Crippen molar-refractivity contribution in [1.82, 2.24) is 42.1 Å². The van der Waals surface area contributed by atoms with Gasteiger partial charge in [-0.25, -0.2) is 4.79 Å². The molecule has 64 heavy (non-hydrogen) atoms. The third kappa shape index (κ3) is 21.5. The normalized spacial score (nSPS) is 16.4. The molecule has 0 aliphatic carbocycles. The van der Waals surface area contributed by atoms with E-state index in [2.05, 4.69) is 37.2 Å². The van der Waals surface area contributed by atoms with Crippen LogP contribution < -0.4 is 60.2 Å². The monoisotopic (exact) mass is 910 g/mol. The van der Waals surface area contributed by atoms with Crippen molar-refractivity contribution < 1.29 is 43.5 Å². The number of carboxylic acids is 1. The maximum atomic E-state index is 14.0. The Bertz CT molecular complexity index is 1530. The number of rotatable bonds is 32. The molecule has 0 aromatic heterocycles. The highest BCUT2D eigenvalue weighted by atomic mass is 16.4. The third-order valence-electron chi connectivity index (χ3n) is 10.8. The van der Waals surface area contributed by atoms with Gasteiger partial charge in [0.25, 0.3) is 0 Å². The molecule has 1 fully saturated rings. The minimum atomic E-state index is -1.23. The van der Waals surface area contributed by atoms with Crippen LogP contribution in [0.5, 0.6) is 0 Å². The van der Waals surface area contributed by atoms with E-state index in [4.69, 9.17) is 28.3 Å². The molecule has 0 aromatic rings. The van der Waals surface area contributed by atoms with Gasteiger partial charge in [0.1, 0.15) is 36.3 Å². The van der Waals surface area contributed by atoms with Crippen LogP contribution in [0.15, 0.2) is 0 Å². The Morgan fingerprint density at radius 3 is 1.80 bits per heavy atom. The molecule has 1 aliphatic rings. The number of nitrogens with one attached hydrogen (secondary N) is 8. The zero-order valence-corrected chi connectivity index (χ0v) is 38.6. The Morgan fingerprint density at radius 1 is 0.688 bits per heavy atom. The molecule has 7 atom stereocenters. The molecule has 366 valence electrons. The largest absolute Gasteiger partial charge is 0.480 e. The lowest BCUT2D eigenvalue weighted by Gasteiger charge is -2.29. The van der Waals surface area contributed by atoms with Crippen molar-refractivity contribution in [2.24, 2.45) is 34.8 Å². The summed E-state index contributed by atoms with van der Waals surface area (Å²) < 4.78 is 0. The Kier molecular flexibility index (Phi) is 27.5. The molecule has 0 unspecified atom stereocenters. The van der Waals surface area contributed by atoms with Crippen LogP contribution in [0.4, 0.5) is 0 Å². The maximum Gasteiger partial charge on any atom is 0.326 e. The van der Waals surface area contributed by atoms with Gasteiger partial charge in [-0.2, -0.15) is 0 Å². The second kappa shape index (κ2) is 30.9. The van der Waals surface area contributed by atoms with Gasteiger partial charge in [-0.1, -0.05) is 47.5 Å². The highest BCUT2D eigenvalue weighted by Crippen LogP contribution is 2.18. The number of nitrogens with zero attached hydrogens (tertiary/aromatic N) is 1. The zero-order valence-electron chi connectivity index (χ0n) is 38.6. The second-order valence-electron chi connectivity index (χ2n) is 17.2. The Morgan fingerprint density at radius 2 is 1.25 bits per heavy atom. The van der Waals surface area contributed by atoms with Crippen LogP contribution in [-0.2, 0) is 38.4 Å². The standard InChI is InChI=1S/C42H79N13O9/c1-6-7-14-27(45)35(57)50-28(15-8-10-19-43)38(60)54-34(26(4)5)40(62)51-29(17-12-21-48-42(46)47)37(59)53-31(23-25(2)3)36(58)49-24-33(56)55-22-13-18-32(55)39(61)52-30(41(63)64)16-9-11-20-44/h25-32,34H,6-24,43-45H2,1-5H3,(H,49,58)(H,50,57)(H,51,62)(H,52,61)(H,53,59)(H,54,60)(H,63,64)(H4,46,47,48)/t27-,28+,29-,30+,31-,32-,34-/m0/s1. The quantitative estimate of drug-likeness (QED) is 0.0204. The van der Waals surface area contributed by atoms with Crippen LogP contribution in [0.1, 0.15) is 125 Å². The number of unbranched alkanes of at least 4 members (excludes halogenated alkanes) is 3. The smallest absolute Gasteiger partial charge is 0.326 e. The number of hydrogen-bond donors (Lipinski definition) is 13. The summed E-state index contributed by atoms with van der Waals surface area (Å²) in [4.78, 5) is 108. The number of hydrogen-bond acceptors (Lipinski definition) is 12. The van der Waals surface area contributed by atoms with Gasteiger partial charge in [-0.3, -0.25) is 39.0 Å². The SMILES string of the molecule is CCCC[C@H](N)C(=O)N[C@H](CCCCN)C(=O)N[C@H](C(=O)N[C@@H](CCCNC(=N)N)C(=O)N[C@@H](CC(C)C)C(=O)NCC(=O)N1CCC[C@H]1C(=O)N[C@H](CCCCN)C(=O)O)C(C)C. The van der Waals surface area contributed by atoms with E-state index in [1.165, 1.54) is 4.90 Å². The first-order valence-electron chi connectivity index (χ1n) is 22.8. The van der Waals surface area contributed by atoms with Gasteiger partial charge in [0.05, 0.1) is 12.6 Å². The van der Waals surface area contributed by atoms with E-state index in [1.54, 1.807) is 13.8 Å². The fourth-order valence-corrected chi connectivity index (χ4v) is 7.16. The summed E-state index contributed by atoms with van der Waals surface area (Å²) in [7, 11) is 0. The molecule has 1 aliphatic heterocycles. The summed E-state index contributed by atoms with van der Waals surface area (Å²) in [5.74, 6) is -6.46. The summed E-state index contributed by atoms with van der Waals surface area (Å²) in [6.45, 7) is 9.71. The summed E-state index contributed by atoms with van der Waals surface area (Å²) in [6, 6.07) is -7.43. The average molecular weight is 910 g/mol. The minimum absolute atomic E-state index is 0.0344. The van der Waals surface area contributed by atoms with Crippen LogP contribution in [0, 0.1) is 17.2 Å². The molecule has 0 spiro atoms. The molecule has 7 amide bonds. The van der Waals surface area contributed by atoms with Crippen LogP contribution in [0.2, 0.25) is 0 Å². The van der Waals surface area contributed by atoms with E-state index < -0.39 is 102 Å². The summed E-state index contributed by atoms with van der Waals surface area (Å²) in [5.41, 5.74) is 22.7. The number of guanidine groups is 1. The zero-order chi connectivity index (χ0) is 48.4. The topological polar surface area (TPSA) is 372 Å². The predicted octanol–water partition coefficient (Wildman–Crippen LogP) is -1.66. The molecule has 17 N–H and O–H groups in total. The fraction of sp³-hybridized carbons (Fsp3) is 0.786. The van der Waals surface area contributed by atoms with E-state index in [0.29, 0.717) is 58.0 Å². The highest BCUT2D eigenvalue weighted by Gasteiger charge is 2.37. The molecule has 22 heteroatoms. The first-order chi connectivity index (χ1) is 30.3. The van der Waals surface area contributed by atoms with E-state index in [-0.39, 0.29) is 57.1 Å². The lowest BCUT2D eigenvalue weighted by Crippen LogP contribution is -2.60. The molecule has 0 bridgehead atoms. The summed E-state index contributed by atoms with van der Waals surface area (Å²) >= 11 is 0. The van der Waals surface area contributed by atoms with Crippen LogP contribution in [0.25, 0.3) is 0 Å². The maximum absolute atomic E-state index is 14.0. The molecule has 1 saturated heterocycles. The number of likely N-dealkylation sites (tertiary alicyclic amines) is 1. The number of amides is 7. The molecular weight excluding hydrogens is 831 g/mol. The fourth-order valence-electron chi connectivity index (χ4n) is 7.16. The molecule has 1 heterocycles. The number of aliphatic carboxylic acids is 1. The molecule has 0 saturated carbocycles. The van der Waals surface area contributed by atoms with E-state index in [1.807, 2.05) is 20.8 Å². The van der Waals surface area contributed by atoms with Crippen molar-refractivity contribution in [2.75, 3.05) is 32.7 Å². The number of carboxylic acid groups (broad SMARTS) is 1. The van der Waals surface area contributed by atoms with Gasteiger partial charge in [0.15, 0.2) is 5.96 Å². The summed E-state index contributed by atoms with van der Waals surface area (Å²) in [6.07, 6.45) is 5.88. The highest BCUT2D eigenvalue weighted by molar-refractivity contribution is 5.97. The van der Waals surface area contributed by atoms with Crippen molar-refractivity contribution in [3.63, 3.8) is 0 Å². The number of carbonyl (C=O) groups is 8. The number of carbonyl (C=O) groups excluding carboxylic acids is 7.